The predicted molar refractivity (Wildman–Crippen MR) is 113 cm³/mol. The minimum Gasteiger partial charge on any atom is -0.477 e. The van der Waals surface area contributed by atoms with Crippen LogP contribution in [0.25, 0.3) is 0 Å². The second-order valence-corrected chi connectivity index (χ2v) is 7.46. The highest BCUT2D eigenvalue weighted by Gasteiger charge is 2.29. The minimum absolute atomic E-state index is 0.0340. The first kappa shape index (κ1) is 21.5. The summed E-state index contributed by atoms with van der Waals surface area (Å²) >= 11 is 1.18. The van der Waals surface area contributed by atoms with Gasteiger partial charge in [0.15, 0.2) is 28.2 Å². The molecule has 0 saturated heterocycles. The lowest BCUT2D eigenvalue weighted by atomic mass is 10.1. The van der Waals surface area contributed by atoms with Gasteiger partial charge in [-0.15, -0.1) is 0 Å². The summed E-state index contributed by atoms with van der Waals surface area (Å²) in [5.74, 6) is -2.04. The van der Waals surface area contributed by atoms with Gasteiger partial charge in [-0.05, 0) is 30.5 Å². The van der Waals surface area contributed by atoms with E-state index in [1.165, 1.54) is 42.1 Å². The van der Waals surface area contributed by atoms with Crippen LogP contribution in [-0.4, -0.2) is 52.0 Å². The first-order valence-electron chi connectivity index (χ1n) is 9.55. The zero-order chi connectivity index (χ0) is 23.8. The van der Waals surface area contributed by atoms with E-state index in [2.05, 4.69) is 9.97 Å². The first-order valence-corrected chi connectivity index (χ1v) is 10.8. The normalized spacial score (nSPS) is 13.0. The van der Waals surface area contributed by atoms with E-state index in [4.69, 9.17) is 28.4 Å². The predicted octanol–water partition coefficient (Wildman–Crippen LogP) is 3.64. The number of benzene rings is 2. The number of aromatic carboxylic acids is 2. The first-order chi connectivity index (χ1) is 16.4. The largest absolute Gasteiger partial charge is 0.477 e. The second-order valence-electron chi connectivity index (χ2n) is 6.69. The van der Waals surface area contributed by atoms with Gasteiger partial charge < -0.3 is 38.6 Å². The zero-order valence-corrected chi connectivity index (χ0v) is 18.1. The number of aromatic nitrogens is 2. The molecule has 0 fully saturated rings. The van der Waals surface area contributed by atoms with Gasteiger partial charge in [-0.1, -0.05) is 11.8 Å². The van der Waals surface area contributed by atoms with Crippen molar-refractivity contribution < 1.29 is 48.2 Å². The van der Waals surface area contributed by atoms with Crippen LogP contribution in [0.1, 0.15) is 20.7 Å². The third kappa shape index (κ3) is 3.81. The van der Waals surface area contributed by atoms with Gasteiger partial charge in [0.05, 0.1) is 6.07 Å². The number of hydrogen-bond acceptors (Lipinski definition) is 11. The van der Waals surface area contributed by atoms with Crippen LogP contribution < -0.4 is 28.4 Å². The van der Waals surface area contributed by atoms with Gasteiger partial charge in [0.25, 0.3) is 0 Å². The lowest BCUT2D eigenvalue weighted by molar-refractivity contribution is 0.0677. The number of rotatable bonds is 7. The minimum atomic E-state index is -1.28. The van der Waals surface area contributed by atoms with Crippen molar-refractivity contribution in [3.8, 4) is 46.3 Å². The zero-order valence-electron chi connectivity index (χ0n) is 17.3. The van der Waals surface area contributed by atoms with Crippen LogP contribution >= 0.6 is 11.8 Å². The molecule has 0 atom stereocenters. The standard InChI is InChI=1S/C21H14N2O10S/c1-34-21-22-13(32-9-2-4-11-17(30-7-28-11)15(9)19(24)25)6-14(23-21)33-10-3-5-12-18(31-8-29-12)16(10)20(26)27/h2-6H,7-8H2,1H3,(H,24,25)(H,26,27). The van der Waals surface area contributed by atoms with E-state index in [0.29, 0.717) is 0 Å². The van der Waals surface area contributed by atoms with Crippen LogP contribution in [0.3, 0.4) is 0 Å². The molecule has 2 N–H and O–H groups in total. The Morgan fingerprint density at radius 3 is 1.71 bits per heavy atom. The highest BCUT2D eigenvalue weighted by molar-refractivity contribution is 7.98. The fraction of sp³-hybridized carbons (Fsp3) is 0.143. The monoisotopic (exact) mass is 486 g/mol. The summed E-state index contributed by atoms with van der Waals surface area (Å²) in [6, 6.07) is 7.16. The van der Waals surface area contributed by atoms with Crippen molar-refractivity contribution >= 4 is 23.7 Å². The molecule has 13 heteroatoms. The molecule has 3 aromatic rings. The fourth-order valence-corrected chi connectivity index (χ4v) is 3.65. The van der Waals surface area contributed by atoms with Crippen molar-refractivity contribution in [1.29, 1.82) is 0 Å². The smallest absolute Gasteiger partial charge is 0.343 e. The molecule has 0 spiro atoms. The summed E-state index contributed by atoms with van der Waals surface area (Å²) in [7, 11) is 0. The second kappa shape index (κ2) is 8.51. The molecule has 0 bridgehead atoms. The third-order valence-corrected chi connectivity index (χ3v) is 5.25. The number of carbonyl (C=O) groups is 2. The molecule has 0 unspecified atom stereocenters. The molecule has 2 aliphatic rings. The molecule has 0 radical (unpaired) electrons. The Labute approximate surface area is 195 Å². The highest BCUT2D eigenvalue weighted by Crippen LogP contribution is 2.44. The van der Waals surface area contributed by atoms with Crippen molar-refractivity contribution in [1.82, 2.24) is 9.97 Å². The molecule has 2 aromatic carbocycles. The van der Waals surface area contributed by atoms with Crippen molar-refractivity contribution in [3.63, 3.8) is 0 Å². The van der Waals surface area contributed by atoms with E-state index in [-0.39, 0.29) is 76.1 Å². The number of carboxylic acids is 2. The molecule has 3 heterocycles. The van der Waals surface area contributed by atoms with Crippen LogP contribution in [0.4, 0.5) is 0 Å². The lowest BCUT2D eigenvalue weighted by Gasteiger charge is -2.13. The molecule has 0 amide bonds. The molecule has 34 heavy (non-hydrogen) atoms. The molecule has 174 valence electrons. The number of carboxylic acid groups (broad SMARTS) is 2. The van der Waals surface area contributed by atoms with Crippen molar-refractivity contribution in [2.45, 2.75) is 5.16 Å². The van der Waals surface area contributed by atoms with E-state index in [0.717, 1.165) is 0 Å². The average molecular weight is 486 g/mol. The fourth-order valence-electron chi connectivity index (χ4n) is 3.29. The average Bonchev–Trinajstić information content (AvgIpc) is 3.47. The van der Waals surface area contributed by atoms with Gasteiger partial charge in [-0.2, -0.15) is 9.97 Å². The number of thioether (sulfide) groups is 1. The summed E-state index contributed by atoms with van der Waals surface area (Å²) in [6.45, 7) is -0.217. The quantitative estimate of drug-likeness (QED) is 0.369. The topological polar surface area (TPSA) is 156 Å². The van der Waals surface area contributed by atoms with Gasteiger partial charge in [-0.25, -0.2) is 9.59 Å². The van der Waals surface area contributed by atoms with Crippen LogP contribution in [0, 0.1) is 0 Å². The van der Waals surface area contributed by atoms with Crippen LogP contribution in [0.15, 0.2) is 35.5 Å². The Morgan fingerprint density at radius 2 is 1.29 bits per heavy atom. The molecular weight excluding hydrogens is 472 g/mol. The maximum Gasteiger partial charge on any atom is 0.343 e. The summed E-state index contributed by atoms with van der Waals surface area (Å²) in [6.07, 6.45) is 1.72. The molecule has 2 aliphatic heterocycles. The Kier molecular flexibility index (Phi) is 5.37. The highest BCUT2D eigenvalue weighted by atomic mass is 32.2. The van der Waals surface area contributed by atoms with E-state index in [1.54, 1.807) is 6.26 Å². The Morgan fingerprint density at radius 1 is 0.824 bits per heavy atom. The maximum atomic E-state index is 11.8. The van der Waals surface area contributed by atoms with Gasteiger partial charge in [0.2, 0.25) is 25.3 Å². The number of nitrogens with zero attached hydrogens (tertiary/aromatic N) is 2. The van der Waals surface area contributed by atoms with E-state index < -0.39 is 11.9 Å². The van der Waals surface area contributed by atoms with Crippen LogP contribution in [0.2, 0.25) is 0 Å². The van der Waals surface area contributed by atoms with Gasteiger partial charge in [0.1, 0.15) is 22.6 Å². The van der Waals surface area contributed by atoms with Gasteiger partial charge in [-0.3, -0.25) is 0 Å². The Bertz CT molecular complexity index is 1230. The van der Waals surface area contributed by atoms with Crippen LogP contribution in [0.5, 0.6) is 46.3 Å². The lowest BCUT2D eigenvalue weighted by Crippen LogP contribution is -2.05. The number of fused-ring (bicyclic) bond motifs is 2. The molecule has 0 saturated carbocycles. The van der Waals surface area contributed by atoms with E-state index in [9.17, 15) is 19.8 Å². The van der Waals surface area contributed by atoms with E-state index >= 15 is 0 Å². The Balaban J connectivity index is 1.51. The molecule has 5 rings (SSSR count). The maximum absolute atomic E-state index is 11.8. The summed E-state index contributed by atoms with van der Waals surface area (Å²) in [5.41, 5.74) is -0.462. The molecule has 0 aliphatic carbocycles. The third-order valence-electron chi connectivity index (χ3n) is 4.70. The SMILES string of the molecule is CSc1nc(Oc2ccc3c(c2C(=O)O)OCO3)cc(Oc2ccc3c(c2C(=O)O)OCO3)n1. The van der Waals surface area contributed by atoms with E-state index in [1.807, 2.05) is 0 Å². The van der Waals surface area contributed by atoms with Crippen molar-refractivity contribution in [3.05, 3.63) is 41.5 Å². The molecular formula is C21H14N2O10S. The molecule has 12 nitrogen and oxygen atoms in total. The van der Waals surface area contributed by atoms with Crippen molar-refractivity contribution in [2.24, 2.45) is 0 Å². The van der Waals surface area contributed by atoms with Crippen molar-refractivity contribution in [2.75, 3.05) is 19.8 Å². The van der Waals surface area contributed by atoms with Gasteiger partial charge >= 0.3 is 11.9 Å². The molecule has 1 aromatic heterocycles. The summed E-state index contributed by atoms with van der Waals surface area (Å²) in [5, 5.41) is 19.6. The Hall–Kier alpha value is -4.39. The number of ether oxygens (including phenoxy) is 6. The van der Waals surface area contributed by atoms with Crippen LogP contribution in [-0.2, 0) is 0 Å². The van der Waals surface area contributed by atoms with Gasteiger partial charge in [0, 0.05) is 0 Å². The summed E-state index contributed by atoms with van der Waals surface area (Å²) < 4.78 is 32.5. The summed E-state index contributed by atoms with van der Waals surface area (Å²) in [4.78, 5) is 32.1. The number of hydrogen-bond donors (Lipinski definition) is 2.